The minimum atomic E-state index is -0.433. The summed E-state index contributed by atoms with van der Waals surface area (Å²) in [7, 11) is 0. The Morgan fingerprint density at radius 3 is 2.95 bits per heavy atom. The van der Waals surface area contributed by atoms with Crippen molar-refractivity contribution in [2.75, 3.05) is 13.1 Å². The van der Waals surface area contributed by atoms with Crippen LogP contribution in [0.3, 0.4) is 0 Å². The second-order valence-electron chi connectivity index (χ2n) is 6.18. The maximum atomic E-state index is 11.9. The number of carbonyl (C=O) groups is 1. The molecule has 112 valence electrons. The lowest BCUT2D eigenvalue weighted by atomic mass is 10.2. The molecule has 0 unspecified atom stereocenters. The molecule has 0 aliphatic carbocycles. The molecular formula is C15H19N3O2S. The van der Waals surface area contributed by atoms with Gasteiger partial charge in [-0.3, -0.25) is 0 Å². The van der Waals surface area contributed by atoms with Crippen LogP contribution < -0.4 is 0 Å². The van der Waals surface area contributed by atoms with Crippen LogP contribution in [0.25, 0.3) is 11.0 Å². The highest BCUT2D eigenvalue weighted by Crippen LogP contribution is 2.34. The smallest absolute Gasteiger partial charge is 0.410 e. The largest absolute Gasteiger partial charge is 0.444 e. The van der Waals surface area contributed by atoms with Gasteiger partial charge in [-0.1, -0.05) is 0 Å². The van der Waals surface area contributed by atoms with Crippen molar-refractivity contribution in [1.29, 1.82) is 0 Å². The van der Waals surface area contributed by atoms with Gasteiger partial charge in [0.15, 0.2) is 0 Å². The number of likely N-dealkylation sites (tertiary alicyclic amines) is 1. The van der Waals surface area contributed by atoms with Crippen molar-refractivity contribution in [3.05, 3.63) is 24.5 Å². The molecule has 1 aliphatic rings. The monoisotopic (exact) mass is 305 g/mol. The lowest BCUT2D eigenvalue weighted by Gasteiger charge is -2.39. The SMILES string of the molecule is CC(C)(C)OC(=O)N1CC(Sc2c[nH]c3ncccc23)C1. The first-order chi connectivity index (χ1) is 9.92. The summed E-state index contributed by atoms with van der Waals surface area (Å²) in [6.07, 6.45) is 3.54. The number of thioether (sulfide) groups is 1. The van der Waals surface area contributed by atoms with Gasteiger partial charge in [-0.05, 0) is 32.9 Å². The van der Waals surface area contributed by atoms with Crippen LogP contribution in [0.2, 0.25) is 0 Å². The van der Waals surface area contributed by atoms with Crippen molar-refractivity contribution in [1.82, 2.24) is 14.9 Å². The Balaban J connectivity index is 1.57. The van der Waals surface area contributed by atoms with E-state index in [9.17, 15) is 4.79 Å². The normalized spacial score (nSPS) is 16.0. The molecule has 0 bridgehead atoms. The summed E-state index contributed by atoms with van der Waals surface area (Å²) >= 11 is 1.78. The highest BCUT2D eigenvalue weighted by molar-refractivity contribution is 8.00. The van der Waals surface area contributed by atoms with E-state index >= 15 is 0 Å². The van der Waals surface area contributed by atoms with Crippen LogP contribution in [-0.4, -0.2) is 44.9 Å². The number of rotatable bonds is 2. The topological polar surface area (TPSA) is 58.2 Å². The van der Waals surface area contributed by atoms with Gasteiger partial charge in [0.25, 0.3) is 0 Å². The number of amides is 1. The van der Waals surface area contributed by atoms with Crippen LogP contribution in [0.4, 0.5) is 4.79 Å². The maximum absolute atomic E-state index is 11.9. The van der Waals surface area contributed by atoms with Crippen molar-refractivity contribution in [2.45, 2.75) is 36.5 Å². The fraction of sp³-hybridized carbons (Fsp3) is 0.467. The Hall–Kier alpha value is -1.69. The number of aromatic nitrogens is 2. The first kappa shape index (κ1) is 14.3. The summed E-state index contributed by atoms with van der Waals surface area (Å²) in [5.74, 6) is 0. The van der Waals surface area contributed by atoms with Crippen LogP contribution in [-0.2, 0) is 4.74 Å². The van der Waals surface area contributed by atoms with Gasteiger partial charge in [-0.15, -0.1) is 11.8 Å². The van der Waals surface area contributed by atoms with Crippen LogP contribution in [0.5, 0.6) is 0 Å². The number of ether oxygens (including phenoxy) is 1. The Labute approximate surface area is 128 Å². The van der Waals surface area contributed by atoms with Gasteiger partial charge in [0.05, 0.1) is 0 Å². The van der Waals surface area contributed by atoms with Crippen molar-refractivity contribution < 1.29 is 9.53 Å². The number of nitrogens with zero attached hydrogens (tertiary/aromatic N) is 2. The van der Waals surface area contributed by atoms with Crippen molar-refractivity contribution in [3.8, 4) is 0 Å². The minimum Gasteiger partial charge on any atom is -0.444 e. The standard InChI is InChI=1S/C15H19N3O2S/c1-15(2,3)20-14(19)18-8-10(9-18)21-12-7-17-13-11(12)5-4-6-16-13/h4-7,10H,8-9H2,1-3H3,(H,16,17). The zero-order valence-corrected chi connectivity index (χ0v) is 13.2. The van der Waals surface area contributed by atoms with E-state index in [0.29, 0.717) is 5.25 Å². The van der Waals surface area contributed by atoms with Gasteiger partial charge in [-0.25, -0.2) is 9.78 Å². The van der Waals surface area contributed by atoms with Gasteiger partial charge >= 0.3 is 6.09 Å². The summed E-state index contributed by atoms with van der Waals surface area (Å²) in [4.78, 5) is 22.3. The second kappa shape index (κ2) is 5.26. The number of H-pyrrole nitrogens is 1. The predicted octanol–water partition coefficient (Wildman–Crippen LogP) is 3.27. The molecule has 1 fully saturated rings. The second-order valence-corrected chi connectivity index (χ2v) is 7.52. The first-order valence-corrected chi connectivity index (χ1v) is 7.87. The summed E-state index contributed by atoms with van der Waals surface area (Å²) in [6.45, 7) is 7.11. The summed E-state index contributed by atoms with van der Waals surface area (Å²) in [5.41, 5.74) is 0.473. The van der Waals surface area contributed by atoms with E-state index in [2.05, 4.69) is 16.0 Å². The molecule has 3 heterocycles. The molecule has 5 nitrogen and oxygen atoms in total. The molecule has 1 amide bonds. The van der Waals surface area contributed by atoms with E-state index in [4.69, 9.17) is 4.74 Å². The molecule has 21 heavy (non-hydrogen) atoms. The molecule has 0 aromatic carbocycles. The molecule has 1 aliphatic heterocycles. The van der Waals surface area contributed by atoms with Crippen LogP contribution in [0.1, 0.15) is 20.8 Å². The third kappa shape index (κ3) is 3.15. The molecule has 1 saturated heterocycles. The van der Waals surface area contributed by atoms with E-state index in [1.54, 1.807) is 22.9 Å². The zero-order valence-electron chi connectivity index (χ0n) is 12.4. The molecule has 1 N–H and O–H groups in total. The average molecular weight is 305 g/mol. The molecule has 6 heteroatoms. The summed E-state index contributed by atoms with van der Waals surface area (Å²) < 4.78 is 5.36. The van der Waals surface area contributed by atoms with E-state index < -0.39 is 5.60 Å². The number of carbonyl (C=O) groups excluding carboxylic acids is 1. The molecule has 0 spiro atoms. The lowest BCUT2D eigenvalue weighted by Crippen LogP contribution is -2.53. The summed E-state index contributed by atoms with van der Waals surface area (Å²) in [5, 5.41) is 1.55. The van der Waals surface area contributed by atoms with Gasteiger partial charge in [-0.2, -0.15) is 0 Å². The fourth-order valence-corrected chi connectivity index (χ4v) is 3.48. The van der Waals surface area contributed by atoms with Crippen molar-refractivity contribution in [2.24, 2.45) is 0 Å². The van der Waals surface area contributed by atoms with E-state index in [1.165, 1.54) is 4.90 Å². The van der Waals surface area contributed by atoms with E-state index in [1.807, 2.05) is 33.0 Å². The fourth-order valence-electron chi connectivity index (χ4n) is 2.20. The Kier molecular flexibility index (Phi) is 3.57. The van der Waals surface area contributed by atoms with Gasteiger partial charge < -0.3 is 14.6 Å². The Bertz CT molecular complexity index is 656. The maximum Gasteiger partial charge on any atom is 0.410 e. The molecule has 0 radical (unpaired) electrons. The van der Waals surface area contributed by atoms with Gasteiger partial charge in [0.2, 0.25) is 0 Å². The lowest BCUT2D eigenvalue weighted by molar-refractivity contribution is 0.0144. The quantitative estimate of drug-likeness (QED) is 0.925. The van der Waals surface area contributed by atoms with Crippen molar-refractivity contribution >= 4 is 28.9 Å². The third-order valence-electron chi connectivity index (χ3n) is 3.21. The molecular weight excluding hydrogens is 286 g/mol. The third-order valence-corrected chi connectivity index (χ3v) is 4.43. The van der Waals surface area contributed by atoms with Crippen molar-refractivity contribution in [3.63, 3.8) is 0 Å². The molecule has 0 atom stereocenters. The highest BCUT2D eigenvalue weighted by atomic mass is 32.2. The molecule has 0 saturated carbocycles. The number of aromatic amines is 1. The Morgan fingerprint density at radius 1 is 1.48 bits per heavy atom. The molecule has 3 rings (SSSR count). The Morgan fingerprint density at radius 2 is 2.24 bits per heavy atom. The number of fused-ring (bicyclic) bond motifs is 1. The predicted molar refractivity (Wildman–Crippen MR) is 83.5 cm³/mol. The van der Waals surface area contributed by atoms with E-state index in [-0.39, 0.29) is 6.09 Å². The number of hydrogen-bond acceptors (Lipinski definition) is 4. The molecule has 2 aromatic rings. The highest BCUT2D eigenvalue weighted by Gasteiger charge is 2.34. The first-order valence-electron chi connectivity index (χ1n) is 6.99. The number of hydrogen-bond donors (Lipinski definition) is 1. The van der Waals surface area contributed by atoms with Gasteiger partial charge in [0.1, 0.15) is 11.2 Å². The van der Waals surface area contributed by atoms with Gasteiger partial charge in [0, 0.05) is 41.0 Å². The van der Waals surface area contributed by atoms with Crippen LogP contribution in [0, 0.1) is 0 Å². The van der Waals surface area contributed by atoms with Crippen LogP contribution >= 0.6 is 11.8 Å². The molecule has 2 aromatic heterocycles. The summed E-state index contributed by atoms with van der Waals surface area (Å²) in [6, 6.07) is 4.00. The minimum absolute atomic E-state index is 0.222. The number of pyridine rings is 1. The van der Waals surface area contributed by atoms with E-state index in [0.717, 1.165) is 24.1 Å². The zero-order chi connectivity index (χ0) is 15.0. The average Bonchev–Trinajstić information content (AvgIpc) is 2.74. The van der Waals surface area contributed by atoms with Crippen LogP contribution in [0.15, 0.2) is 29.4 Å². The number of nitrogens with one attached hydrogen (secondary N) is 1.